The third-order valence-electron chi connectivity index (χ3n) is 6.26. The van der Waals surface area contributed by atoms with Crippen LogP contribution in [0.1, 0.15) is 49.4 Å². The van der Waals surface area contributed by atoms with Crippen molar-refractivity contribution in [3.05, 3.63) is 16.3 Å². The second kappa shape index (κ2) is 7.95. The number of nitrogens with one attached hydrogen (secondary N) is 1. The summed E-state index contributed by atoms with van der Waals surface area (Å²) in [6.45, 7) is 13.3. The topological polar surface area (TPSA) is 61.4 Å². The summed E-state index contributed by atoms with van der Waals surface area (Å²) in [4.78, 5) is 29.2. The minimum absolute atomic E-state index is 0.126. The lowest BCUT2D eigenvalue weighted by atomic mass is 9.99. The lowest BCUT2D eigenvalue weighted by Gasteiger charge is -2.31. The van der Waals surface area contributed by atoms with Crippen LogP contribution in [0.15, 0.2) is 0 Å². The van der Waals surface area contributed by atoms with Crippen LogP contribution in [0.3, 0.4) is 0 Å². The Kier molecular flexibility index (Phi) is 5.56. The van der Waals surface area contributed by atoms with Gasteiger partial charge in [0.05, 0.1) is 11.9 Å². The van der Waals surface area contributed by atoms with E-state index in [1.807, 2.05) is 0 Å². The molecular weight excluding hydrogens is 370 g/mol. The summed E-state index contributed by atoms with van der Waals surface area (Å²) in [5, 5.41) is 4.16. The van der Waals surface area contributed by atoms with Gasteiger partial charge in [-0.3, -0.25) is 9.69 Å². The average Bonchev–Trinajstić information content (AvgIpc) is 2.82. The first-order chi connectivity index (χ1) is 13.4. The van der Waals surface area contributed by atoms with Gasteiger partial charge >= 0.3 is 0 Å². The van der Waals surface area contributed by atoms with Gasteiger partial charge in [-0.15, -0.1) is 11.3 Å². The van der Waals surface area contributed by atoms with Crippen molar-refractivity contribution in [2.24, 2.45) is 5.92 Å². The average molecular weight is 402 g/mol. The highest BCUT2D eigenvalue weighted by Gasteiger charge is 2.27. The number of rotatable bonds is 3. The van der Waals surface area contributed by atoms with Gasteiger partial charge in [0.25, 0.3) is 0 Å². The molecule has 2 aliphatic rings. The monoisotopic (exact) mass is 401 g/mol. The van der Waals surface area contributed by atoms with Gasteiger partial charge in [0, 0.05) is 30.4 Å². The van der Waals surface area contributed by atoms with E-state index in [-0.39, 0.29) is 11.9 Å². The van der Waals surface area contributed by atoms with E-state index in [1.54, 1.807) is 11.3 Å². The van der Waals surface area contributed by atoms with E-state index in [9.17, 15) is 4.79 Å². The van der Waals surface area contributed by atoms with E-state index in [1.165, 1.54) is 28.7 Å². The number of aryl methyl sites for hydroxylation is 2. The quantitative estimate of drug-likeness (QED) is 0.855. The van der Waals surface area contributed by atoms with Crippen molar-refractivity contribution in [1.82, 2.24) is 20.2 Å². The van der Waals surface area contributed by atoms with Gasteiger partial charge in [0.15, 0.2) is 0 Å². The smallest absolute Gasteiger partial charge is 0.222 e. The van der Waals surface area contributed by atoms with Gasteiger partial charge in [-0.1, -0.05) is 6.92 Å². The fourth-order valence-corrected chi connectivity index (χ4v) is 5.31. The van der Waals surface area contributed by atoms with Crippen molar-refractivity contribution in [1.29, 1.82) is 0 Å². The second-order valence-electron chi connectivity index (χ2n) is 8.48. The van der Waals surface area contributed by atoms with Gasteiger partial charge in [-0.25, -0.2) is 9.97 Å². The first kappa shape index (κ1) is 19.6. The summed E-state index contributed by atoms with van der Waals surface area (Å²) in [5.74, 6) is 2.87. The van der Waals surface area contributed by atoms with Crippen LogP contribution in [0.5, 0.6) is 0 Å². The van der Waals surface area contributed by atoms with Crippen LogP contribution in [-0.2, 0) is 11.3 Å². The summed E-state index contributed by atoms with van der Waals surface area (Å²) in [7, 11) is 0. The summed E-state index contributed by atoms with van der Waals surface area (Å²) in [6.07, 6.45) is 3.01. The molecule has 2 fully saturated rings. The largest absolute Gasteiger partial charge is 0.354 e. The van der Waals surface area contributed by atoms with Crippen molar-refractivity contribution in [3.8, 4) is 0 Å². The van der Waals surface area contributed by atoms with E-state index in [0.29, 0.717) is 13.0 Å². The van der Waals surface area contributed by atoms with Crippen LogP contribution >= 0.6 is 11.3 Å². The van der Waals surface area contributed by atoms with E-state index in [4.69, 9.17) is 9.97 Å². The number of carbonyl (C=O) groups is 1. The number of likely N-dealkylation sites (tertiary alicyclic amines) is 1. The predicted octanol–water partition coefficient (Wildman–Crippen LogP) is 3.25. The molecule has 4 heterocycles. The Bertz CT molecular complexity index is 871. The van der Waals surface area contributed by atoms with Crippen molar-refractivity contribution in [2.75, 3.05) is 31.1 Å². The van der Waals surface area contributed by atoms with Crippen LogP contribution in [-0.4, -0.2) is 53.0 Å². The molecule has 7 heteroatoms. The lowest BCUT2D eigenvalue weighted by molar-refractivity contribution is -0.120. The highest BCUT2D eigenvalue weighted by Crippen LogP contribution is 2.36. The number of piperidine rings is 1. The number of amides is 1. The Hall–Kier alpha value is -1.73. The molecule has 0 spiro atoms. The molecular formula is C21H31N5OS. The normalized spacial score (nSPS) is 22.5. The maximum atomic E-state index is 12.0. The Morgan fingerprint density at radius 3 is 2.64 bits per heavy atom. The molecule has 1 N–H and O–H groups in total. The fraction of sp³-hybridized carbons (Fsp3) is 0.667. The third kappa shape index (κ3) is 3.87. The lowest BCUT2D eigenvalue weighted by Crippen LogP contribution is -2.36. The summed E-state index contributed by atoms with van der Waals surface area (Å²) >= 11 is 1.76. The van der Waals surface area contributed by atoms with Crippen LogP contribution in [0.4, 0.5) is 5.82 Å². The van der Waals surface area contributed by atoms with Crippen molar-refractivity contribution < 1.29 is 4.79 Å². The molecule has 0 bridgehead atoms. The molecule has 2 aromatic rings. The molecule has 152 valence electrons. The zero-order valence-electron chi connectivity index (χ0n) is 17.4. The SMILES string of the molecule is Cc1sc2nc(CN3CCC(C)CC3)nc(N3CCNC(=O)C[C@H]3C)c2c1C. The first-order valence-corrected chi connectivity index (χ1v) is 11.3. The number of anilines is 1. The molecule has 1 amide bonds. The molecule has 0 saturated carbocycles. The highest BCUT2D eigenvalue weighted by molar-refractivity contribution is 7.18. The number of nitrogens with zero attached hydrogens (tertiary/aromatic N) is 4. The van der Waals surface area contributed by atoms with Crippen molar-refractivity contribution in [2.45, 2.75) is 59.5 Å². The van der Waals surface area contributed by atoms with E-state index >= 15 is 0 Å². The maximum absolute atomic E-state index is 12.0. The van der Waals surface area contributed by atoms with Gasteiger partial charge in [0.1, 0.15) is 16.5 Å². The summed E-state index contributed by atoms with van der Waals surface area (Å²) in [6, 6.07) is 0.129. The molecule has 2 aliphatic heterocycles. The summed E-state index contributed by atoms with van der Waals surface area (Å²) in [5.41, 5.74) is 1.27. The molecule has 2 aromatic heterocycles. The molecule has 2 saturated heterocycles. The molecule has 1 atom stereocenters. The molecule has 28 heavy (non-hydrogen) atoms. The van der Waals surface area contributed by atoms with E-state index in [0.717, 1.165) is 48.6 Å². The number of hydrogen-bond donors (Lipinski definition) is 1. The molecule has 0 unspecified atom stereocenters. The number of fused-ring (bicyclic) bond motifs is 1. The Morgan fingerprint density at radius 1 is 1.14 bits per heavy atom. The minimum Gasteiger partial charge on any atom is -0.354 e. The number of thiophene rings is 1. The standard InChI is InChI=1S/C21H31N5OS/c1-13-5-8-25(9-6-13)12-17-23-20(19-15(3)16(4)28-21(19)24-17)26-10-7-22-18(27)11-14(26)2/h13-14H,5-12H2,1-4H3,(H,22,27)/t14-/m1/s1. The molecule has 0 aromatic carbocycles. The highest BCUT2D eigenvalue weighted by atomic mass is 32.1. The van der Waals surface area contributed by atoms with Crippen LogP contribution < -0.4 is 10.2 Å². The Labute approximate surface area is 171 Å². The summed E-state index contributed by atoms with van der Waals surface area (Å²) < 4.78 is 0. The number of hydrogen-bond acceptors (Lipinski definition) is 6. The number of aromatic nitrogens is 2. The molecule has 6 nitrogen and oxygen atoms in total. The second-order valence-corrected chi connectivity index (χ2v) is 9.69. The fourth-order valence-electron chi connectivity index (χ4n) is 4.27. The maximum Gasteiger partial charge on any atom is 0.222 e. The third-order valence-corrected chi connectivity index (χ3v) is 7.36. The zero-order valence-corrected chi connectivity index (χ0v) is 18.2. The van der Waals surface area contributed by atoms with Crippen LogP contribution in [0.25, 0.3) is 10.2 Å². The Balaban J connectivity index is 1.71. The molecule has 0 aliphatic carbocycles. The first-order valence-electron chi connectivity index (χ1n) is 10.4. The minimum atomic E-state index is 0.126. The van der Waals surface area contributed by atoms with E-state index in [2.05, 4.69) is 42.8 Å². The van der Waals surface area contributed by atoms with Gasteiger partial charge in [0.2, 0.25) is 5.91 Å². The molecule has 4 rings (SSSR count). The Morgan fingerprint density at radius 2 is 1.89 bits per heavy atom. The van der Waals surface area contributed by atoms with Crippen molar-refractivity contribution in [3.63, 3.8) is 0 Å². The zero-order chi connectivity index (χ0) is 19.8. The predicted molar refractivity (Wildman–Crippen MR) is 115 cm³/mol. The van der Waals surface area contributed by atoms with Crippen LogP contribution in [0, 0.1) is 19.8 Å². The number of carbonyl (C=O) groups excluding carboxylic acids is 1. The van der Waals surface area contributed by atoms with Crippen molar-refractivity contribution >= 4 is 33.3 Å². The van der Waals surface area contributed by atoms with Gasteiger partial charge in [-0.2, -0.15) is 0 Å². The van der Waals surface area contributed by atoms with E-state index < -0.39 is 0 Å². The van der Waals surface area contributed by atoms with Gasteiger partial charge in [-0.05, 0) is 58.2 Å². The van der Waals surface area contributed by atoms with Crippen LogP contribution in [0.2, 0.25) is 0 Å². The van der Waals surface area contributed by atoms with Gasteiger partial charge < -0.3 is 10.2 Å². The molecule has 0 radical (unpaired) electrons.